The lowest BCUT2D eigenvalue weighted by Crippen LogP contribution is -2.44. The van der Waals surface area contributed by atoms with Crippen LogP contribution in [-0.4, -0.2) is 98.9 Å². The lowest BCUT2D eigenvalue weighted by molar-refractivity contribution is 0.230. The summed E-state index contributed by atoms with van der Waals surface area (Å²) in [5.74, 6) is 16.3. The van der Waals surface area contributed by atoms with Gasteiger partial charge in [0, 0.05) is 18.6 Å². The van der Waals surface area contributed by atoms with Crippen LogP contribution in [0.1, 0.15) is 65.7 Å². The topological polar surface area (TPSA) is 285 Å². The van der Waals surface area contributed by atoms with E-state index in [1.807, 2.05) is 6.92 Å². The summed E-state index contributed by atoms with van der Waals surface area (Å²) in [6.45, 7) is 6.11. The molecule has 274 valence electrons. The van der Waals surface area contributed by atoms with Gasteiger partial charge in [-0.05, 0) is 51.9 Å². The fourth-order valence-corrected chi connectivity index (χ4v) is 5.45. The first kappa shape index (κ1) is 40.9. The third-order valence-electron chi connectivity index (χ3n) is 6.61. The second kappa shape index (κ2) is 19.6. The van der Waals surface area contributed by atoms with E-state index in [0.29, 0.717) is 26.7 Å². The van der Waals surface area contributed by atoms with Crippen molar-refractivity contribution in [1.82, 2.24) is 59.3 Å². The molecule has 3 heterocycles. The van der Waals surface area contributed by atoms with E-state index in [1.54, 1.807) is 32.6 Å². The first-order valence-electron chi connectivity index (χ1n) is 15.1. The Morgan fingerprint density at radius 1 is 0.735 bits per heavy atom. The molecule has 3 aromatic rings. The molecular formula is C25H45N15O6S3. The molecule has 0 bridgehead atoms. The van der Waals surface area contributed by atoms with E-state index in [9.17, 15) is 28.8 Å². The molecule has 0 spiro atoms. The highest BCUT2D eigenvalue weighted by Crippen LogP contribution is 2.17. The molecule has 0 radical (unpaired) electrons. The molecule has 9 N–H and O–H groups in total. The third kappa shape index (κ3) is 11.1. The number of rotatable bonds is 8. The maximum absolute atomic E-state index is 11.9. The van der Waals surface area contributed by atoms with Gasteiger partial charge in [-0.3, -0.25) is 0 Å². The highest BCUT2D eigenvalue weighted by atomic mass is 32.2. The van der Waals surface area contributed by atoms with E-state index in [-0.39, 0.29) is 12.1 Å². The zero-order valence-electron chi connectivity index (χ0n) is 28.2. The van der Waals surface area contributed by atoms with Gasteiger partial charge >= 0.3 is 35.2 Å². The van der Waals surface area contributed by atoms with E-state index in [4.69, 9.17) is 17.5 Å². The standard InChI is InChI=1S/C10H17N5O2S.C8H15N5O2S.C7H13N5O2S/c1-18-9-13-15(10(17)14(9)11)8(16)12-7-5-3-2-4-6-7;1-3-4-5-10-6(14)13-8(15)12(9)7(11-13)16-2;1-4(2)9-5(13)12-7(14)11(8)6(10-12)15-3/h7H,2-6,11H2,1H3,(H,12,16);3-5,9H2,1-2H3,(H,10,14);4H,8H2,1-3H3,(H,9,13). The van der Waals surface area contributed by atoms with Crippen molar-refractivity contribution in [1.29, 1.82) is 0 Å². The van der Waals surface area contributed by atoms with Crippen molar-refractivity contribution in [2.45, 2.75) is 93.3 Å². The Morgan fingerprint density at radius 2 is 1.14 bits per heavy atom. The Labute approximate surface area is 294 Å². The second-order valence-corrected chi connectivity index (χ2v) is 12.9. The zero-order valence-corrected chi connectivity index (χ0v) is 30.7. The molecular weight excluding hydrogens is 703 g/mol. The van der Waals surface area contributed by atoms with Crippen molar-refractivity contribution < 1.29 is 14.4 Å². The van der Waals surface area contributed by atoms with Crippen molar-refractivity contribution >= 4 is 53.4 Å². The first-order chi connectivity index (χ1) is 23.2. The Balaban J connectivity index is 0.000000256. The number of nitrogen functional groups attached to an aromatic ring is 3. The number of nitrogens with one attached hydrogen (secondary N) is 3. The second-order valence-electron chi connectivity index (χ2n) is 10.6. The third-order valence-corrected chi connectivity index (χ3v) is 8.54. The van der Waals surface area contributed by atoms with Gasteiger partial charge in [0.2, 0.25) is 15.5 Å². The highest BCUT2D eigenvalue weighted by Gasteiger charge is 2.21. The summed E-state index contributed by atoms with van der Waals surface area (Å²) < 4.78 is 4.81. The van der Waals surface area contributed by atoms with Crippen LogP contribution in [0.2, 0.25) is 0 Å². The van der Waals surface area contributed by atoms with Gasteiger partial charge in [0.1, 0.15) is 0 Å². The molecule has 3 amide bonds. The molecule has 1 aliphatic rings. The summed E-state index contributed by atoms with van der Waals surface area (Å²) in [5.41, 5.74) is -1.91. The van der Waals surface area contributed by atoms with Crippen molar-refractivity contribution in [2.24, 2.45) is 0 Å². The SMILES string of the molecule is CCCCNC(=O)n1nc(SC)n(N)c1=O.CSc1nn(C(=O)NC(C)C)c(=O)n1N.CSc1nn(C(=O)NC2CCCCC2)c(=O)n1N. The predicted molar refractivity (Wildman–Crippen MR) is 189 cm³/mol. The number of thioether (sulfide) groups is 3. The maximum atomic E-state index is 11.9. The average Bonchev–Trinajstić information content (AvgIpc) is 3.66. The number of amides is 3. The average molecular weight is 748 g/mol. The molecule has 1 aliphatic carbocycles. The Kier molecular flexibility index (Phi) is 16.4. The predicted octanol–water partition coefficient (Wildman–Crippen LogP) is -0.344. The molecule has 24 heteroatoms. The molecule has 0 saturated heterocycles. The van der Waals surface area contributed by atoms with Gasteiger partial charge in [-0.2, -0.15) is 14.0 Å². The monoisotopic (exact) mass is 747 g/mol. The fourth-order valence-electron chi connectivity index (χ4n) is 4.13. The number of aromatic nitrogens is 9. The summed E-state index contributed by atoms with van der Waals surface area (Å²) in [6, 6.07) is -1.54. The number of nitrogens with zero attached hydrogens (tertiary/aromatic N) is 9. The summed E-state index contributed by atoms with van der Waals surface area (Å²) in [7, 11) is 0. The van der Waals surface area contributed by atoms with Gasteiger partial charge in [-0.25, -0.2) is 28.8 Å². The molecule has 0 aromatic carbocycles. The van der Waals surface area contributed by atoms with Gasteiger partial charge in [-0.15, -0.1) is 29.3 Å². The van der Waals surface area contributed by atoms with Gasteiger partial charge in [0.25, 0.3) is 0 Å². The Morgan fingerprint density at radius 3 is 1.51 bits per heavy atom. The Bertz CT molecular complexity index is 1730. The molecule has 49 heavy (non-hydrogen) atoms. The molecule has 1 saturated carbocycles. The van der Waals surface area contributed by atoms with E-state index in [1.165, 1.54) is 41.7 Å². The maximum Gasteiger partial charge on any atom is 0.374 e. The molecule has 21 nitrogen and oxygen atoms in total. The van der Waals surface area contributed by atoms with E-state index in [2.05, 4.69) is 31.2 Å². The normalized spacial score (nSPS) is 12.8. The number of unbranched alkanes of at least 4 members (excludes halogenated alkanes) is 1. The van der Waals surface area contributed by atoms with E-state index >= 15 is 0 Å². The molecule has 0 atom stereocenters. The highest BCUT2D eigenvalue weighted by molar-refractivity contribution is 7.98. The minimum Gasteiger partial charge on any atom is -0.336 e. The smallest absolute Gasteiger partial charge is 0.336 e. The number of hydrogen-bond acceptors (Lipinski definition) is 15. The van der Waals surface area contributed by atoms with Crippen LogP contribution < -0.4 is 50.5 Å². The number of nitrogens with two attached hydrogens (primary N) is 3. The van der Waals surface area contributed by atoms with Crippen LogP contribution in [0, 0.1) is 0 Å². The zero-order chi connectivity index (χ0) is 36.8. The molecule has 3 aromatic heterocycles. The summed E-state index contributed by atoms with van der Waals surface area (Å²) in [4.78, 5) is 69.5. The molecule has 1 fully saturated rings. The van der Waals surface area contributed by atoms with Crippen LogP contribution in [0.25, 0.3) is 0 Å². The van der Waals surface area contributed by atoms with Crippen LogP contribution in [0.3, 0.4) is 0 Å². The summed E-state index contributed by atoms with van der Waals surface area (Å²) in [6.07, 6.45) is 12.4. The molecule has 0 unspecified atom stereocenters. The van der Waals surface area contributed by atoms with Crippen LogP contribution in [-0.2, 0) is 0 Å². The van der Waals surface area contributed by atoms with Crippen LogP contribution in [0.4, 0.5) is 14.4 Å². The lowest BCUT2D eigenvalue weighted by atomic mass is 9.96. The van der Waals surface area contributed by atoms with Crippen LogP contribution >= 0.6 is 35.3 Å². The molecule has 0 aliphatic heterocycles. The van der Waals surface area contributed by atoms with Gasteiger partial charge in [0.15, 0.2) is 0 Å². The largest absolute Gasteiger partial charge is 0.374 e. The number of carbonyl (C=O) groups is 3. The van der Waals surface area contributed by atoms with Crippen LogP contribution in [0.15, 0.2) is 29.9 Å². The van der Waals surface area contributed by atoms with E-state index in [0.717, 1.165) is 61.9 Å². The van der Waals surface area contributed by atoms with Crippen LogP contribution in [0.5, 0.6) is 0 Å². The summed E-state index contributed by atoms with van der Waals surface area (Å²) in [5, 5.41) is 20.3. The van der Waals surface area contributed by atoms with E-state index < -0.39 is 35.2 Å². The van der Waals surface area contributed by atoms with Crippen molar-refractivity contribution in [3.05, 3.63) is 31.5 Å². The van der Waals surface area contributed by atoms with Gasteiger partial charge in [-0.1, -0.05) is 67.9 Å². The molecule has 4 rings (SSSR count). The van der Waals surface area contributed by atoms with Crippen molar-refractivity contribution in [3.63, 3.8) is 0 Å². The summed E-state index contributed by atoms with van der Waals surface area (Å²) >= 11 is 3.61. The first-order valence-corrected chi connectivity index (χ1v) is 18.8. The van der Waals surface area contributed by atoms with Gasteiger partial charge < -0.3 is 33.5 Å². The Hall–Kier alpha value is -4.32. The quantitative estimate of drug-likeness (QED) is 0.0976. The number of carbonyl (C=O) groups excluding carboxylic acids is 3. The fraction of sp³-hybridized carbons (Fsp3) is 0.640. The lowest BCUT2D eigenvalue weighted by Gasteiger charge is -2.22. The minimum absolute atomic E-state index is 0.0648. The van der Waals surface area contributed by atoms with Crippen molar-refractivity contribution in [2.75, 3.05) is 42.8 Å². The number of hydrogen-bond donors (Lipinski definition) is 6. The van der Waals surface area contributed by atoms with Crippen molar-refractivity contribution in [3.8, 4) is 0 Å². The van der Waals surface area contributed by atoms with Gasteiger partial charge in [0.05, 0.1) is 0 Å². The minimum atomic E-state index is -0.655.